The molecule has 27 heavy (non-hydrogen) atoms. The first-order chi connectivity index (χ1) is 12.8. The van der Waals surface area contributed by atoms with Crippen LogP contribution in [-0.2, 0) is 32.2 Å². The highest BCUT2D eigenvalue weighted by Gasteiger charge is 2.24. The minimum atomic E-state index is -3.94. The number of sulfone groups is 1. The van der Waals surface area contributed by atoms with Crippen molar-refractivity contribution < 1.29 is 25.6 Å². The molecule has 0 amide bonds. The van der Waals surface area contributed by atoms with E-state index in [-0.39, 0.29) is 16.5 Å². The molecule has 8 nitrogen and oxygen atoms in total. The molecule has 1 N–H and O–H groups in total. The number of nitrogens with zero attached hydrogens (tertiary/aromatic N) is 2. The summed E-state index contributed by atoms with van der Waals surface area (Å²) in [6.07, 6.45) is 0. The van der Waals surface area contributed by atoms with Crippen molar-refractivity contribution >= 4 is 19.9 Å². The van der Waals surface area contributed by atoms with Crippen LogP contribution in [0.5, 0.6) is 0 Å². The van der Waals surface area contributed by atoms with Crippen LogP contribution in [0.4, 0.5) is 4.39 Å². The normalized spacial score (nSPS) is 12.2. The van der Waals surface area contributed by atoms with Crippen molar-refractivity contribution in [1.29, 1.82) is 0 Å². The van der Waals surface area contributed by atoms with Crippen LogP contribution in [0, 0.1) is 5.82 Å². The zero-order chi connectivity index (χ0) is 19.5. The molecule has 0 aliphatic carbocycles. The fraction of sp³-hybridized carbons (Fsp3) is 0.125. The second kappa shape index (κ2) is 7.55. The topological polar surface area (TPSA) is 119 Å². The van der Waals surface area contributed by atoms with E-state index in [1.807, 2.05) is 0 Å². The first-order valence-electron chi connectivity index (χ1n) is 7.60. The van der Waals surface area contributed by atoms with E-state index in [9.17, 15) is 21.2 Å². The van der Waals surface area contributed by atoms with E-state index in [0.717, 1.165) is 24.3 Å². The molecule has 0 radical (unpaired) electrons. The average molecular weight is 411 g/mol. The zero-order valence-corrected chi connectivity index (χ0v) is 15.4. The monoisotopic (exact) mass is 411 g/mol. The molecule has 0 bridgehead atoms. The number of hydrogen-bond acceptors (Lipinski definition) is 7. The Labute approximate surface area is 155 Å². The maximum Gasteiger partial charge on any atom is 0.335 e. The Kier molecular flexibility index (Phi) is 5.35. The van der Waals surface area contributed by atoms with Gasteiger partial charge in [0.15, 0.2) is 0 Å². The van der Waals surface area contributed by atoms with Crippen molar-refractivity contribution in [1.82, 2.24) is 14.9 Å². The first-order valence-corrected chi connectivity index (χ1v) is 10.7. The summed E-state index contributed by atoms with van der Waals surface area (Å²) in [6.45, 7) is -0.409. The number of nitrogens with one attached hydrogen (secondary N) is 1. The van der Waals surface area contributed by atoms with Crippen LogP contribution in [0.25, 0.3) is 0 Å². The highest BCUT2D eigenvalue weighted by molar-refractivity contribution is 7.90. The molecule has 0 fully saturated rings. The largest absolute Gasteiger partial charge is 0.411 e. The highest BCUT2D eigenvalue weighted by atomic mass is 32.2. The van der Waals surface area contributed by atoms with Crippen molar-refractivity contribution in [2.75, 3.05) is 0 Å². The van der Waals surface area contributed by atoms with Crippen LogP contribution in [0.1, 0.15) is 11.5 Å². The molecule has 0 saturated heterocycles. The molecule has 11 heteroatoms. The average Bonchev–Trinajstić information content (AvgIpc) is 3.11. The highest BCUT2D eigenvalue weighted by Crippen LogP contribution is 2.16. The van der Waals surface area contributed by atoms with Gasteiger partial charge in [0.25, 0.3) is 0 Å². The summed E-state index contributed by atoms with van der Waals surface area (Å²) >= 11 is 0. The van der Waals surface area contributed by atoms with E-state index < -0.39 is 37.4 Å². The predicted molar refractivity (Wildman–Crippen MR) is 92.1 cm³/mol. The standard InChI is InChI=1S/C16H14FN3O5S2/c17-13-6-8-14(9-7-13)27(23,24)18-10-15-19-20-16(25-15)26(21,22)11-12-4-2-1-3-5-12/h1-9,18H,10-11H2. The Morgan fingerprint density at radius 2 is 1.59 bits per heavy atom. The summed E-state index contributed by atoms with van der Waals surface area (Å²) in [5.74, 6) is -1.11. The Morgan fingerprint density at radius 3 is 2.26 bits per heavy atom. The second-order valence-electron chi connectivity index (χ2n) is 5.48. The molecule has 0 atom stereocenters. The number of sulfonamides is 1. The predicted octanol–water partition coefficient (Wildman–Crippen LogP) is 1.66. The first kappa shape index (κ1) is 19.1. The van der Waals surface area contributed by atoms with Gasteiger partial charge in [0.05, 0.1) is 17.2 Å². The summed E-state index contributed by atoms with van der Waals surface area (Å²) in [5.41, 5.74) is 0.550. The summed E-state index contributed by atoms with van der Waals surface area (Å²) in [4.78, 5) is -0.152. The second-order valence-corrected chi connectivity index (χ2v) is 9.12. The molecule has 0 saturated carbocycles. The number of hydrogen-bond donors (Lipinski definition) is 1. The Balaban J connectivity index is 1.70. The molecule has 2 aromatic carbocycles. The Hall–Kier alpha value is -2.63. The molecule has 0 aliphatic rings. The minimum absolute atomic E-state index is 0.152. The third-order valence-electron chi connectivity index (χ3n) is 3.45. The lowest BCUT2D eigenvalue weighted by Gasteiger charge is -2.04. The van der Waals surface area contributed by atoms with Gasteiger partial charge in [0.2, 0.25) is 25.8 Å². The molecular weight excluding hydrogens is 397 g/mol. The van der Waals surface area contributed by atoms with Crippen molar-refractivity contribution in [3.05, 3.63) is 71.9 Å². The van der Waals surface area contributed by atoms with Crippen LogP contribution in [0.15, 0.2) is 69.1 Å². The fourth-order valence-corrected chi connectivity index (χ4v) is 4.26. The van der Waals surface area contributed by atoms with Gasteiger partial charge in [-0.1, -0.05) is 35.4 Å². The van der Waals surface area contributed by atoms with E-state index >= 15 is 0 Å². The van der Waals surface area contributed by atoms with Crippen LogP contribution in [0.2, 0.25) is 0 Å². The summed E-state index contributed by atoms with van der Waals surface area (Å²) in [5, 5.41) is 6.44. The number of aromatic nitrogens is 2. The summed E-state index contributed by atoms with van der Waals surface area (Å²) in [6, 6.07) is 12.7. The van der Waals surface area contributed by atoms with E-state index in [0.29, 0.717) is 5.56 Å². The Bertz CT molecular complexity index is 1130. The van der Waals surface area contributed by atoms with Crippen molar-refractivity contribution in [2.24, 2.45) is 0 Å². The van der Waals surface area contributed by atoms with Gasteiger partial charge >= 0.3 is 5.22 Å². The van der Waals surface area contributed by atoms with E-state index in [4.69, 9.17) is 4.42 Å². The van der Waals surface area contributed by atoms with Gasteiger partial charge in [-0.3, -0.25) is 0 Å². The van der Waals surface area contributed by atoms with Crippen molar-refractivity contribution in [3.8, 4) is 0 Å². The van der Waals surface area contributed by atoms with Gasteiger partial charge in [-0.25, -0.2) is 25.9 Å². The maximum absolute atomic E-state index is 12.9. The minimum Gasteiger partial charge on any atom is -0.411 e. The van der Waals surface area contributed by atoms with Crippen LogP contribution >= 0.6 is 0 Å². The molecule has 0 unspecified atom stereocenters. The SMILES string of the molecule is O=S(=O)(Cc1ccccc1)c1nnc(CNS(=O)(=O)c2ccc(F)cc2)o1. The lowest BCUT2D eigenvalue weighted by Crippen LogP contribution is -2.23. The molecule has 0 aliphatic heterocycles. The van der Waals surface area contributed by atoms with Gasteiger partial charge < -0.3 is 4.42 Å². The van der Waals surface area contributed by atoms with E-state index in [1.54, 1.807) is 30.3 Å². The van der Waals surface area contributed by atoms with E-state index in [1.165, 1.54) is 0 Å². The molecule has 3 aromatic rings. The molecule has 1 aromatic heterocycles. The number of benzene rings is 2. The van der Waals surface area contributed by atoms with Crippen LogP contribution in [0.3, 0.4) is 0 Å². The van der Waals surface area contributed by atoms with Gasteiger partial charge in [-0.05, 0) is 29.8 Å². The van der Waals surface area contributed by atoms with Gasteiger partial charge in [-0.2, -0.15) is 0 Å². The number of rotatable bonds is 7. The van der Waals surface area contributed by atoms with Crippen molar-refractivity contribution in [2.45, 2.75) is 22.4 Å². The quantitative estimate of drug-likeness (QED) is 0.628. The Morgan fingerprint density at radius 1 is 0.926 bits per heavy atom. The van der Waals surface area contributed by atoms with Gasteiger partial charge in [-0.15, -0.1) is 5.10 Å². The molecular formula is C16H14FN3O5S2. The van der Waals surface area contributed by atoms with Crippen LogP contribution < -0.4 is 4.72 Å². The van der Waals surface area contributed by atoms with Crippen molar-refractivity contribution in [3.63, 3.8) is 0 Å². The smallest absolute Gasteiger partial charge is 0.335 e. The molecule has 0 spiro atoms. The van der Waals surface area contributed by atoms with Gasteiger partial charge in [0.1, 0.15) is 5.82 Å². The summed E-state index contributed by atoms with van der Waals surface area (Å²) < 4.78 is 69.0. The molecule has 3 rings (SSSR count). The van der Waals surface area contributed by atoms with E-state index in [2.05, 4.69) is 14.9 Å². The lowest BCUT2D eigenvalue weighted by atomic mass is 10.2. The molecule has 1 heterocycles. The van der Waals surface area contributed by atoms with Crippen LogP contribution in [-0.4, -0.2) is 27.0 Å². The summed E-state index contributed by atoms with van der Waals surface area (Å²) in [7, 11) is -7.81. The number of halogens is 1. The lowest BCUT2D eigenvalue weighted by molar-refractivity contribution is 0.393. The zero-order valence-electron chi connectivity index (χ0n) is 13.7. The fourth-order valence-electron chi connectivity index (χ4n) is 2.14. The maximum atomic E-state index is 12.9. The third kappa shape index (κ3) is 4.76. The molecule has 142 valence electrons. The third-order valence-corrected chi connectivity index (χ3v) is 6.28. The van der Waals surface area contributed by atoms with Gasteiger partial charge in [0, 0.05) is 0 Å².